The van der Waals surface area contributed by atoms with Crippen molar-refractivity contribution in [1.29, 1.82) is 0 Å². The molecule has 4 heteroatoms. The van der Waals surface area contributed by atoms with Crippen LogP contribution in [0.1, 0.15) is 37.9 Å². The van der Waals surface area contributed by atoms with Crippen LogP contribution >= 0.6 is 0 Å². The van der Waals surface area contributed by atoms with Crippen molar-refractivity contribution in [3.63, 3.8) is 0 Å². The average Bonchev–Trinajstić information content (AvgIpc) is 2.68. The predicted molar refractivity (Wildman–Crippen MR) is 120 cm³/mol. The fourth-order valence-corrected chi connectivity index (χ4v) is 5.29. The summed E-state index contributed by atoms with van der Waals surface area (Å²) in [5.74, 6) is 0. The molecule has 0 saturated carbocycles. The minimum atomic E-state index is -0.795. The first-order valence-corrected chi connectivity index (χ1v) is 12.8. The second-order valence-electron chi connectivity index (χ2n) is 9.05. The van der Waals surface area contributed by atoms with Gasteiger partial charge in [0.05, 0.1) is 12.1 Å². The van der Waals surface area contributed by atoms with Crippen molar-refractivity contribution in [1.82, 2.24) is 10.2 Å². The molecule has 1 saturated heterocycles. The van der Waals surface area contributed by atoms with Gasteiger partial charge in [-0.25, -0.2) is 0 Å². The minimum Gasteiger partial charge on any atom is -0.412 e. The smallest absolute Gasteiger partial charge is 0.205 e. The highest BCUT2D eigenvalue weighted by Crippen LogP contribution is 2.36. The predicted octanol–water partition coefficient (Wildman–Crippen LogP) is 4.73. The molecule has 1 N–H and O–H groups in total. The molecule has 0 aromatic heterocycles. The third-order valence-corrected chi connectivity index (χ3v) is 6.18. The summed E-state index contributed by atoms with van der Waals surface area (Å²) in [5, 5.41) is 3.64. The Kier molecular flexibility index (Phi) is 7.10. The van der Waals surface area contributed by atoms with E-state index >= 15 is 0 Å². The number of nitrogens with zero attached hydrogens (tertiary/aromatic N) is 1. The van der Waals surface area contributed by atoms with Crippen LogP contribution in [0, 0.1) is 5.41 Å². The Morgan fingerprint density at radius 2 is 1.50 bits per heavy atom. The van der Waals surface area contributed by atoms with Gasteiger partial charge in [-0.1, -0.05) is 81.4 Å². The van der Waals surface area contributed by atoms with E-state index in [4.69, 9.17) is 4.43 Å². The van der Waals surface area contributed by atoms with E-state index in [1.165, 1.54) is 11.1 Å². The number of benzene rings is 2. The maximum Gasteiger partial charge on any atom is 0.205 e. The number of hydrogen-bond donors (Lipinski definition) is 1. The largest absolute Gasteiger partial charge is 0.412 e. The standard InChI is InChI=1S/C24H35N2OSi/c1-24(2,3)23(27-28(4)5)21-18-25-16-17-26(21)22(19-12-8-6-9-13-19)20-14-10-7-11-15-20/h6-15,21-23,25H,16-18H2,1-5H3. The van der Waals surface area contributed by atoms with Gasteiger partial charge in [-0.3, -0.25) is 4.90 Å². The lowest BCUT2D eigenvalue weighted by molar-refractivity contribution is -0.0243. The van der Waals surface area contributed by atoms with E-state index in [0.29, 0.717) is 6.04 Å². The number of nitrogens with one attached hydrogen (secondary N) is 1. The number of rotatable bonds is 6. The van der Waals surface area contributed by atoms with Gasteiger partial charge in [-0.15, -0.1) is 0 Å². The molecule has 0 amide bonds. The van der Waals surface area contributed by atoms with Crippen LogP contribution in [0.5, 0.6) is 0 Å². The van der Waals surface area contributed by atoms with E-state index in [2.05, 4.69) is 105 Å². The van der Waals surface area contributed by atoms with Crippen LogP contribution < -0.4 is 5.32 Å². The summed E-state index contributed by atoms with van der Waals surface area (Å²) in [6.45, 7) is 14.4. The van der Waals surface area contributed by atoms with Crippen LogP contribution in [0.15, 0.2) is 60.7 Å². The zero-order chi connectivity index (χ0) is 20.1. The molecule has 1 radical (unpaired) electrons. The molecule has 1 aliphatic rings. The third kappa shape index (κ3) is 5.12. The molecule has 0 bridgehead atoms. The van der Waals surface area contributed by atoms with Gasteiger partial charge in [-0.2, -0.15) is 0 Å². The molecule has 3 rings (SSSR count). The maximum atomic E-state index is 6.63. The Morgan fingerprint density at radius 3 is 1.96 bits per heavy atom. The van der Waals surface area contributed by atoms with Gasteiger partial charge in [0.25, 0.3) is 0 Å². The molecule has 2 aromatic carbocycles. The van der Waals surface area contributed by atoms with Crippen LogP contribution in [-0.4, -0.2) is 45.7 Å². The summed E-state index contributed by atoms with van der Waals surface area (Å²) >= 11 is 0. The van der Waals surface area contributed by atoms with Crippen molar-refractivity contribution in [3.05, 3.63) is 71.8 Å². The Balaban J connectivity index is 2.03. The molecule has 3 nitrogen and oxygen atoms in total. The quantitative estimate of drug-likeness (QED) is 0.716. The molecule has 1 fully saturated rings. The molecule has 2 atom stereocenters. The zero-order valence-corrected chi connectivity index (χ0v) is 19.0. The lowest BCUT2D eigenvalue weighted by Crippen LogP contribution is -2.61. The van der Waals surface area contributed by atoms with Gasteiger partial charge in [0, 0.05) is 25.7 Å². The van der Waals surface area contributed by atoms with Crippen molar-refractivity contribution in [2.24, 2.45) is 5.41 Å². The topological polar surface area (TPSA) is 24.5 Å². The van der Waals surface area contributed by atoms with Gasteiger partial charge in [-0.05, 0) is 29.6 Å². The van der Waals surface area contributed by atoms with Crippen LogP contribution in [0.2, 0.25) is 13.1 Å². The summed E-state index contributed by atoms with van der Waals surface area (Å²) in [4.78, 5) is 2.68. The summed E-state index contributed by atoms with van der Waals surface area (Å²) in [6.07, 6.45) is 0.194. The van der Waals surface area contributed by atoms with E-state index in [-0.39, 0.29) is 17.6 Å². The number of piperazine rings is 1. The Labute approximate surface area is 172 Å². The molecular weight excluding hydrogens is 360 g/mol. The molecule has 28 heavy (non-hydrogen) atoms. The molecule has 1 heterocycles. The second-order valence-corrected chi connectivity index (χ2v) is 11.1. The van der Waals surface area contributed by atoms with Crippen molar-refractivity contribution in [2.75, 3.05) is 19.6 Å². The SMILES string of the molecule is C[Si](C)OC(C1CNCCN1C(c1ccccc1)c1ccccc1)C(C)(C)C. The van der Waals surface area contributed by atoms with Gasteiger partial charge in [0.2, 0.25) is 9.04 Å². The Bertz CT molecular complexity index is 675. The highest BCUT2D eigenvalue weighted by molar-refractivity contribution is 6.48. The fraction of sp³-hybridized carbons (Fsp3) is 0.500. The van der Waals surface area contributed by atoms with E-state index in [1.807, 2.05) is 0 Å². The lowest BCUT2D eigenvalue weighted by atomic mass is 9.82. The molecule has 151 valence electrons. The molecule has 1 aliphatic heterocycles. The molecule has 2 unspecified atom stereocenters. The summed E-state index contributed by atoms with van der Waals surface area (Å²) in [5.41, 5.74) is 2.79. The molecular formula is C24H35N2OSi. The molecule has 0 aliphatic carbocycles. The summed E-state index contributed by atoms with van der Waals surface area (Å²) in [7, 11) is -0.795. The zero-order valence-electron chi connectivity index (χ0n) is 18.0. The maximum absolute atomic E-state index is 6.63. The van der Waals surface area contributed by atoms with Crippen LogP contribution in [0.25, 0.3) is 0 Å². The summed E-state index contributed by atoms with van der Waals surface area (Å²) in [6, 6.07) is 22.4. The number of hydrogen-bond acceptors (Lipinski definition) is 3. The van der Waals surface area contributed by atoms with Crippen LogP contribution in [0.4, 0.5) is 0 Å². The first-order valence-electron chi connectivity index (χ1n) is 10.4. The van der Waals surface area contributed by atoms with Gasteiger partial charge >= 0.3 is 0 Å². The van der Waals surface area contributed by atoms with Crippen molar-refractivity contribution in [3.8, 4) is 0 Å². The van der Waals surface area contributed by atoms with Crippen molar-refractivity contribution in [2.45, 2.75) is 52.1 Å². The van der Waals surface area contributed by atoms with Crippen LogP contribution in [0.3, 0.4) is 0 Å². The van der Waals surface area contributed by atoms with Crippen LogP contribution in [-0.2, 0) is 4.43 Å². The lowest BCUT2D eigenvalue weighted by Gasteiger charge is -2.49. The Hall–Kier alpha value is -1.46. The first-order chi connectivity index (χ1) is 13.4. The average molecular weight is 396 g/mol. The fourth-order valence-electron chi connectivity index (χ4n) is 4.28. The van der Waals surface area contributed by atoms with Gasteiger partial charge < -0.3 is 9.74 Å². The Morgan fingerprint density at radius 1 is 0.964 bits per heavy atom. The van der Waals surface area contributed by atoms with Gasteiger partial charge in [0.1, 0.15) is 0 Å². The highest BCUT2D eigenvalue weighted by atomic mass is 28.3. The second kappa shape index (κ2) is 9.36. The minimum absolute atomic E-state index is 0.0851. The van der Waals surface area contributed by atoms with Crippen molar-refractivity contribution < 1.29 is 4.43 Å². The third-order valence-electron chi connectivity index (χ3n) is 5.45. The first kappa shape index (κ1) is 21.3. The summed E-state index contributed by atoms with van der Waals surface area (Å²) < 4.78 is 6.63. The highest BCUT2D eigenvalue weighted by Gasteiger charge is 2.41. The van der Waals surface area contributed by atoms with Crippen molar-refractivity contribution >= 4 is 9.04 Å². The van der Waals surface area contributed by atoms with E-state index in [1.54, 1.807) is 0 Å². The van der Waals surface area contributed by atoms with Gasteiger partial charge in [0.15, 0.2) is 0 Å². The van der Waals surface area contributed by atoms with E-state index < -0.39 is 9.04 Å². The van der Waals surface area contributed by atoms with E-state index in [0.717, 1.165) is 19.6 Å². The van der Waals surface area contributed by atoms with E-state index in [9.17, 15) is 0 Å². The normalized spacial score (nSPS) is 19.9. The molecule has 2 aromatic rings. The monoisotopic (exact) mass is 395 g/mol. The molecule has 0 spiro atoms.